The zero-order valence-corrected chi connectivity index (χ0v) is 12.3. The van der Waals surface area contributed by atoms with E-state index >= 15 is 0 Å². The molecule has 1 aromatic carbocycles. The minimum absolute atomic E-state index is 0.0172. The number of carbonyl (C=O) groups is 1. The number of nitrogens with one attached hydrogen (secondary N) is 1. The molecule has 1 atom stereocenters. The molecule has 0 bridgehead atoms. The van der Waals surface area contributed by atoms with Crippen molar-refractivity contribution in [2.24, 2.45) is 11.1 Å². The van der Waals surface area contributed by atoms with E-state index in [1.807, 2.05) is 0 Å². The van der Waals surface area contributed by atoms with Crippen LogP contribution in [0.15, 0.2) is 18.2 Å². The number of amides is 2. The lowest BCUT2D eigenvalue weighted by molar-refractivity contribution is 0.216. The lowest BCUT2D eigenvalue weighted by Gasteiger charge is -2.22. The second kappa shape index (κ2) is 5.57. The predicted octanol–water partition coefficient (Wildman–Crippen LogP) is 3.20. The van der Waals surface area contributed by atoms with Crippen molar-refractivity contribution in [3.8, 4) is 0 Å². The Balaban J connectivity index is 2.02. The molecule has 2 amide bonds. The maximum Gasteiger partial charge on any atom is 0.321 e. The van der Waals surface area contributed by atoms with Crippen molar-refractivity contribution in [1.82, 2.24) is 4.90 Å². The lowest BCUT2D eigenvalue weighted by atomic mass is 9.90. The molecular weight excluding hydrogens is 285 g/mol. The maximum absolute atomic E-state index is 12.1. The highest BCUT2D eigenvalue weighted by Gasteiger charge is 2.34. The van der Waals surface area contributed by atoms with Crippen molar-refractivity contribution in [3.63, 3.8) is 0 Å². The third-order valence-electron chi connectivity index (χ3n) is 3.45. The first-order valence-corrected chi connectivity index (χ1v) is 6.90. The van der Waals surface area contributed by atoms with Crippen LogP contribution >= 0.6 is 23.2 Å². The van der Waals surface area contributed by atoms with Crippen LogP contribution in [0.4, 0.5) is 10.5 Å². The highest BCUT2D eigenvalue weighted by molar-refractivity contribution is 6.35. The number of urea groups is 1. The van der Waals surface area contributed by atoms with Crippen molar-refractivity contribution in [3.05, 3.63) is 28.2 Å². The Morgan fingerprint density at radius 1 is 1.42 bits per heavy atom. The Hall–Kier alpha value is -0.970. The summed E-state index contributed by atoms with van der Waals surface area (Å²) in [4.78, 5) is 13.9. The number of nitrogens with two attached hydrogens (primary N) is 1. The van der Waals surface area contributed by atoms with Crippen molar-refractivity contribution < 1.29 is 4.79 Å². The Labute approximate surface area is 122 Å². The minimum atomic E-state index is -0.143. The fraction of sp³-hybridized carbons (Fsp3) is 0.462. The molecule has 4 nitrogen and oxygen atoms in total. The molecule has 0 saturated carbocycles. The molecule has 0 spiro atoms. The number of likely N-dealkylation sites (tertiary alicyclic amines) is 1. The summed E-state index contributed by atoms with van der Waals surface area (Å²) in [5.74, 6) is 0. The summed E-state index contributed by atoms with van der Waals surface area (Å²) in [5, 5.41) is 3.80. The monoisotopic (exact) mass is 301 g/mol. The molecule has 3 N–H and O–H groups in total. The molecule has 1 saturated heterocycles. The summed E-state index contributed by atoms with van der Waals surface area (Å²) < 4.78 is 0. The number of hydrogen-bond donors (Lipinski definition) is 2. The van der Waals surface area contributed by atoms with E-state index in [-0.39, 0.29) is 11.4 Å². The number of rotatable bonds is 2. The summed E-state index contributed by atoms with van der Waals surface area (Å²) in [6.45, 7) is 4.06. The van der Waals surface area contributed by atoms with Crippen molar-refractivity contribution in [1.29, 1.82) is 0 Å². The van der Waals surface area contributed by atoms with E-state index in [0.717, 1.165) is 6.42 Å². The van der Waals surface area contributed by atoms with Crippen LogP contribution in [0.2, 0.25) is 10.0 Å². The van der Waals surface area contributed by atoms with Crippen LogP contribution in [0.1, 0.15) is 13.3 Å². The van der Waals surface area contributed by atoms with Crippen LogP contribution in [0.5, 0.6) is 0 Å². The van der Waals surface area contributed by atoms with Gasteiger partial charge < -0.3 is 16.0 Å². The Morgan fingerprint density at radius 2 is 2.05 bits per heavy atom. The topological polar surface area (TPSA) is 58.4 Å². The van der Waals surface area contributed by atoms with Gasteiger partial charge in [-0.1, -0.05) is 30.1 Å². The third-order valence-corrected chi connectivity index (χ3v) is 3.89. The molecule has 2 rings (SSSR count). The van der Waals surface area contributed by atoms with E-state index in [1.54, 1.807) is 23.1 Å². The number of hydrogen-bond acceptors (Lipinski definition) is 2. The van der Waals surface area contributed by atoms with E-state index in [1.165, 1.54) is 0 Å². The molecule has 104 valence electrons. The largest absolute Gasteiger partial charge is 0.330 e. The second-order valence-corrected chi connectivity index (χ2v) is 6.15. The lowest BCUT2D eigenvalue weighted by Crippen LogP contribution is -2.36. The van der Waals surface area contributed by atoms with Crippen LogP contribution in [-0.2, 0) is 0 Å². The van der Waals surface area contributed by atoms with Crippen LogP contribution in [0, 0.1) is 5.41 Å². The maximum atomic E-state index is 12.1. The molecule has 1 unspecified atom stereocenters. The highest BCUT2D eigenvalue weighted by Crippen LogP contribution is 2.29. The van der Waals surface area contributed by atoms with Crippen LogP contribution < -0.4 is 11.1 Å². The van der Waals surface area contributed by atoms with E-state index in [4.69, 9.17) is 28.9 Å². The number of anilines is 1. The number of halogens is 2. The first kappa shape index (κ1) is 14.4. The number of benzene rings is 1. The van der Waals surface area contributed by atoms with Gasteiger partial charge >= 0.3 is 6.03 Å². The molecule has 1 aromatic rings. The van der Waals surface area contributed by atoms with Gasteiger partial charge in [-0.3, -0.25) is 0 Å². The van der Waals surface area contributed by atoms with Crippen molar-refractivity contribution in [2.45, 2.75) is 13.3 Å². The summed E-state index contributed by atoms with van der Waals surface area (Å²) in [5.41, 5.74) is 6.35. The SMILES string of the molecule is CC1(CN)CCN(C(=O)Nc2cc(Cl)cc(Cl)c2)C1. The summed E-state index contributed by atoms with van der Waals surface area (Å²) >= 11 is 11.8. The van der Waals surface area contributed by atoms with Crippen molar-refractivity contribution >= 4 is 34.9 Å². The predicted molar refractivity (Wildman–Crippen MR) is 78.8 cm³/mol. The Morgan fingerprint density at radius 3 is 2.58 bits per heavy atom. The number of carbonyl (C=O) groups excluding carboxylic acids is 1. The van der Waals surface area contributed by atoms with E-state index in [0.29, 0.717) is 35.4 Å². The van der Waals surface area contributed by atoms with Gasteiger partial charge in [-0.15, -0.1) is 0 Å². The summed E-state index contributed by atoms with van der Waals surface area (Å²) in [7, 11) is 0. The molecule has 1 aliphatic rings. The molecule has 0 radical (unpaired) electrons. The zero-order chi connectivity index (χ0) is 14.0. The molecule has 1 heterocycles. The Bertz CT molecular complexity index is 475. The van der Waals surface area contributed by atoms with Gasteiger partial charge in [0.25, 0.3) is 0 Å². The second-order valence-electron chi connectivity index (χ2n) is 5.27. The van der Waals surface area contributed by atoms with Gasteiger partial charge in [-0.05, 0) is 36.6 Å². The molecular formula is C13H17Cl2N3O. The van der Waals surface area contributed by atoms with Gasteiger partial charge in [0, 0.05) is 28.8 Å². The van der Waals surface area contributed by atoms with Gasteiger partial charge in [0.2, 0.25) is 0 Å². The first-order valence-electron chi connectivity index (χ1n) is 6.14. The molecule has 1 fully saturated rings. The van der Waals surface area contributed by atoms with Gasteiger partial charge in [-0.25, -0.2) is 4.79 Å². The fourth-order valence-electron chi connectivity index (χ4n) is 2.19. The first-order chi connectivity index (χ1) is 8.92. The summed E-state index contributed by atoms with van der Waals surface area (Å²) in [6.07, 6.45) is 0.924. The van der Waals surface area contributed by atoms with E-state index < -0.39 is 0 Å². The van der Waals surface area contributed by atoms with Gasteiger partial charge in [-0.2, -0.15) is 0 Å². The smallest absolute Gasteiger partial charge is 0.321 e. The standard InChI is InChI=1S/C13H17Cl2N3O/c1-13(7-16)2-3-18(8-13)12(19)17-11-5-9(14)4-10(15)6-11/h4-6H,2-3,7-8,16H2,1H3,(H,17,19). The quantitative estimate of drug-likeness (QED) is 0.881. The Kier molecular flexibility index (Phi) is 4.23. The van der Waals surface area contributed by atoms with Crippen LogP contribution in [-0.4, -0.2) is 30.6 Å². The molecule has 0 aromatic heterocycles. The fourth-order valence-corrected chi connectivity index (χ4v) is 2.72. The third kappa shape index (κ3) is 3.53. The average Bonchev–Trinajstić information content (AvgIpc) is 2.71. The van der Waals surface area contributed by atoms with Crippen LogP contribution in [0.3, 0.4) is 0 Å². The zero-order valence-electron chi connectivity index (χ0n) is 10.7. The summed E-state index contributed by atoms with van der Waals surface area (Å²) in [6, 6.07) is 4.82. The van der Waals surface area contributed by atoms with Gasteiger partial charge in [0.05, 0.1) is 0 Å². The molecule has 1 aliphatic heterocycles. The minimum Gasteiger partial charge on any atom is -0.330 e. The van der Waals surface area contributed by atoms with E-state index in [2.05, 4.69) is 12.2 Å². The van der Waals surface area contributed by atoms with Gasteiger partial charge in [0.1, 0.15) is 0 Å². The highest BCUT2D eigenvalue weighted by atomic mass is 35.5. The van der Waals surface area contributed by atoms with Gasteiger partial charge in [0.15, 0.2) is 0 Å². The molecule has 6 heteroatoms. The van der Waals surface area contributed by atoms with Crippen LogP contribution in [0.25, 0.3) is 0 Å². The normalized spacial score (nSPS) is 22.6. The van der Waals surface area contributed by atoms with Crippen molar-refractivity contribution in [2.75, 3.05) is 25.0 Å². The molecule has 19 heavy (non-hydrogen) atoms. The molecule has 0 aliphatic carbocycles. The average molecular weight is 302 g/mol. The van der Waals surface area contributed by atoms with E-state index in [9.17, 15) is 4.79 Å². The number of nitrogens with zero attached hydrogens (tertiary/aromatic N) is 1.